The van der Waals surface area contributed by atoms with Crippen LogP contribution in [0.2, 0.25) is 0 Å². The molecule has 2 aromatic heterocycles. The van der Waals surface area contributed by atoms with E-state index in [0.29, 0.717) is 17.5 Å². The van der Waals surface area contributed by atoms with Gasteiger partial charge in [0.15, 0.2) is 17.5 Å². The molecule has 6 nitrogen and oxygen atoms in total. The van der Waals surface area contributed by atoms with Crippen LogP contribution in [0.3, 0.4) is 0 Å². The summed E-state index contributed by atoms with van der Waals surface area (Å²) in [4.78, 5) is 28.2. The van der Waals surface area contributed by atoms with Crippen molar-refractivity contribution in [3.05, 3.63) is 173 Å². The maximum Gasteiger partial charge on any atom is 0.328 e. The molecule has 1 aliphatic carbocycles. The van der Waals surface area contributed by atoms with Gasteiger partial charge in [-0.05, 0) is 46.4 Å². The Hall–Kier alpha value is -6.40. The Morgan fingerprint density at radius 3 is 1.76 bits per heavy atom. The van der Waals surface area contributed by atoms with Gasteiger partial charge in [0, 0.05) is 41.8 Å². The first-order valence-corrected chi connectivity index (χ1v) is 16.8. The van der Waals surface area contributed by atoms with Crippen molar-refractivity contribution in [2.24, 2.45) is 14.1 Å². The molecule has 0 saturated heterocycles. The van der Waals surface area contributed by atoms with E-state index in [4.69, 9.17) is 15.0 Å². The molecule has 0 radical (unpaired) electrons. The Morgan fingerprint density at radius 1 is 0.480 bits per heavy atom. The van der Waals surface area contributed by atoms with E-state index < -0.39 is 5.41 Å². The number of hydrogen-bond acceptors (Lipinski definition) is 4. The van der Waals surface area contributed by atoms with Gasteiger partial charge in [0.2, 0.25) is 0 Å². The van der Waals surface area contributed by atoms with Crippen LogP contribution in [0, 0.1) is 0 Å². The highest BCUT2D eigenvalue weighted by Crippen LogP contribution is 2.55. The Labute approximate surface area is 290 Å². The number of rotatable bonds is 5. The van der Waals surface area contributed by atoms with E-state index in [1.807, 2.05) is 56.6 Å². The summed E-state index contributed by atoms with van der Waals surface area (Å²) in [6, 6.07) is 50.3. The van der Waals surface area contributed by atoms with E-state index in [9.17, 15) is 4.79 Å². The second kappa shape index (κ2) is 11.3. The van der Waals surface area contributed by atoms with E-state index >= 15 is 0 Å². The lowest BCUT2D eigenvalue weighted by Crippen LogP contribution is -2.23. The zero-order valence-corrected chi connectivity index (χ0v) is 28.0. The molecule has 240 valence electrons. The number of hydrogen-bond donors (Lipinski definition) is 0. The highest BCUT2D eigenvalue weighted by molar-refractivity contribution is 5.93. The summed E-state index contributed by atoms with van der Waals surface area (Å²) in [5.41, 5.74) is 12.2. The lowest BCUT2D eigenvalue weighted by atomic mass is 9.72. The number of para-hydroxylation sites is 1. The van der Waals surface area contributed by atoms with Crippen LogP contribution in [0.1, 0.15) is 23.6 Å². The minimum Gasteiger partial charge on any atom is -0.295 e. The molecule has 1 atom stereocenters. The lowest BCUT2D eigenvalue weighted by Gasteiger charge is -2.30. The molecule has 0 aliphatic heterocycles. The van der Waals surface area contributed by atoms with E-state index in [0.717, 1.165) is 38.9 Å². The van der Waals surface area contributed by atoms with E-state index in [-0.39, 0.29) is 5.69 Å². The Kier molecular flexibility index (Phi) is 6.74. The molecule has 6 heteroatoms. The zero-order valence-electron chi connectivity index (χ0n) is 28.0. The molecule has 0 spiro atoms. The Balaban J connectivity index is 1.23. The minimum atomic E-state index is -0.413. The number of benzene rings is 6. The van der Waals surface area contributed by atoms with Crippen LogP contribution in [-0.2, 0) is 19.5 Å². The third-order valence-electron chi connectivity index (χ3n) is 10.3. The summed E-state index contributed by atoms with van der Waals surface area (Å²) in [7, 11) is 3.63. The fourth-order valence-corrected chi connectivity index (χ4v) is 7.81. The van der Waals surface area contributed by atoms with Gasteiger partial charge in [-0.25, -0.2) is 19.7 Å². The van der Waals surface area contributed by atoms with Gasteiger partial charge in [0.1, 0.15) is 0 Å². The van der Waals surface area contributed by atoms with Crippen molar-refractivity contribution in [2.45, 2.75) is 12.3 Å². The number of aryl methyl sites for hydroxylation is 2. The van der Waals surface area contributed by atoms with Gasteiger partial charge in [-0.2, -0.15) is 0 Å². The first kappa shape index (κ1) is 29.7. The molecular formula is C44H33N5O. The van der Waals surface area contributed by atoms with Crippen molar-refractivity contribution in [2.75, 3.05) is 0 Å². The van der Waals surface area contributed by atoms with Crippen LogP contribution >= 0.6 is 0 Å². The molecular weight excluding hydrogens is 615 g/mol. The maximum absolute atomic E-state index is 12.8. The SMILES string of the molecule is Cn1c(=O)n(C)c2c(-c3ccc(-c4nc(-c5ccccc5)nc(-c5cccc6c5C(C)(c5ccccc5)c5ccccc5-6)n4)cc3)cccc21. The summed E-state index contributed by atoms with van der Waals surface area (Å²) in [5, 5.41) is 0. The second-order valence-electron chi connectivity index (χ2n) is 13.1. The summed E-state index contributed by atoms with van der Waals surface area (Å²) in [5.74, 6) is 1.85. The van der Waals surface area contributed by atoms with Crippen LogP contribution < -0.4 is 5.69 Å². The smallest absolute Gasteiger partial charge is 0.295 e. The van der Waals surface area contributed by atoms with Crippen molar-refractivity contribution in [3.8, 4) is 56.4 Å². The molecule has 1 aliphatic rings. The van der Waals surface area contributed by atoms with Crippen LogP contribution in [0.25, 0.3) is 67.5 Å². The standard InChI is InChI=1S/C44H33N5O/c1-44(31-16-8-5-9-17-31)36-22-11-10-18-33(36)34-20-12-21-35(38(34)44)42-46-40(29-14-6-4-7-15-29)45-41(47-42)30-26-24-28(25-27-30)32-19-13-23-37-39(32)49(3)43(50)48(37)2/h4-27H,1-3H3. The molecule has 0 N–H and O–H groups in total. The van der Waals surface area contributed by atoms with Gasteiger partial charge >= 0.3 is 5.69 Å². The van der Waals surface area contributed by atoms with E-state index in [1.54, 1.807) is 9.13 Å². The first-order valence-electron chi connectivity index (χ1n) is 16.8. The number of imidazole rings is 1. The highest BCUT2D eigenvalue weighted by Gasteiger charge is 2.42. The van der Waals surface area contributed by atoms with Gasteiger partial charge in [-0.1, -0.05) is 140 Å². The number of aromatic nitrogens is 5. The third kappa shape index (κ3) is 4.42. The molecule has 8 aromatic rings. The molecule has 0 bridgehead atoms. The predicted octanol–water partition coefficient (Wildman–Crippen LogP) is 9.06. The largest absolute Gasteiger partial charge is 0.328 e. The van der Waals surface area contributed by atoms with Gasteiger partial charge in [-0.3, -0.25) is 9.13 Å². The summed E-state index contributed by atoms with van der Waals surface area (Å²) < 4.78 is 3.40. The summed E-state index contributed by atoms with van der Waals surface area (Å²) in [6.45, 7) is 2.32. The summed E-state index contributed by atoms with van der Waals surface area (Å²) >= 11 is 0. The quantitative estimate of drug-likeness (QED) is 0.187. The van der Waals surface area contributed by atoms with E-state index in [1.165, 1.54) is 27.8 Å². The Morgan fingerprint density at radius 2 is 1.02 bits per heavy atom. The van der Waals surface area contributed by atoms with Crippen molar-refractivity contribution < 1.29 is 0 Å². The topological polar surface area (TPSA) is 65.6 Å². The van der Waals surface area contributed by atoms with Crippen molar-refractivity contribution >= 4 is 11.0 Å². The van der Waals surface area contributed by atoms with Gasteiger partial charge in [-0.15, -0.1) is 0 Å². The molecule has 0 fully saturated rings. The molecule has 1 unspecified atom stereocenters. The molecule has 9 rings (SSSR count). The Bertz CT molecular complexity index is 2640. The van der Waals surface area contributed by atoms with Crippen LogP contribution in [-0.4, -0.2) is 24.1 Å². The van der Waals surface area contributed by atoms with Crippen molar-refractivity contribution in [3.63, 3.8) is 0 Å². The van der Waals surface area contributed by atoms with Gasteiger partial charge in [0.05, 0.1) is 11.0 Å². The molecule has 0 saturated carbocycles. The highest BCUT2D eigenvalue weighted by atomic mass is 16.1. The second-order valence-corrected chi connectivity index (χ2v) is 13.1. The van der Waals surface area contributed by atoms with Crippen molar-refractivity contribution in [1.29, 1.82) is 0 Å². The lowest BCUT2D eigenvalue weighted by molar-refractivity contribution is 0.714. The number of fused-ring (bicyclic) bond motifs is 4. The average molecular weight is 648 g/mol. The normalized spacial score (nSPS) is 14.9. The molecule has 6 aromatic carbocycles. The predicted molar refractivity (Wildman–Crippen MR) is 201 cm³/mol. The van der Waals surface area contributed by atoms with Crippen molar-refractivity contribution in [1.82, 2.24) is 24.1 Å². The summed E-state index contributed by atoms with van der Waals surface area (Å²) in [6.07, 6.45) is 0. The van der Waals surface area contributed by atoms with Crippen LogP contribution in [0.15, 0.2) is 150 Å². The fourth-order valence-electron chi connectivity index (χ4n) is 7.81. The maximum atomic E-state index is 12.8. The minimum absolute atomic E-state index is 0.0471. The van der Waals surface area contributed by atoms with Crippen LogP contribution in [0.4, 0.5) is 0 Å². The van der Waals surface area contributed by atoms with Gasteiger partial charge in [0.25, 0.3) is 0 Å². The average Bonchev–Trinajstić information content (AvgIpc) is 3.58. The van der Waals surface area contributed by atoms with Gasteiger partial charge < -0.3 is 0 Å². The number of nitrogens with zero attached hydrogens (tertiary/aromatic N) is 5. The monoisotopic (exact) mass is 647 g/mol. The first-order chi connectivity index (χ1) is 24.4. The third-order valence-corrected chi connectivity index (χ3v) is 10.3. The van der Waals surface area contributed by atoms with Crippen LogP contribution in [0.5, 0.6) is 0 Å². The molecule has 0 amide bonds. The molecule has 50 heavy (non-hydrogen) atoms. The fraction of sp³-hybridized carbons (Fsp3) is 0.0909. The molecule has 2 heterocycles. The van der Waals surface area contributed by atoms with E-state index in [2.05, 4.69) is 110 Å². The zero-order chi connectivity index (χ0) is 34.0.